The van der Waals surface area contributed by atoms with E-state index in [-0.39, 0.29) is 17.5 Å². The summed E-state index contributed by atoms with van der Waals surface area (Å²) in [6.45, 7) is 4.92. The lowest BCUT2D eigenvalue weighted by Crippen LogP contribution is -2.58. The maximum absolute atomic E-state index is 12.8. The Morgan fingerprint density at radius 1 is 0.975 bits per heavy atom. The second kappa shape index (κ2) is 9.07. The minimum absolute atomic E-state index is 0.127. The second-order valence-corrected chi connectivity index (χ2v) is 13.5. The summed E-state index contributed by atoms with van der Waals surface area (Å²) in [6, 6.07) is 0. The summed E-state index contributed by atoms with van der Waals surface area (Å²) in [5, 5.41) is 0. The van der Waals surface area contributed by atoms with Crippen LogP contribution < -0.4 is 0 Å². The quantitative estimate of drug-likeness (QED) is 0.212. The van der Waals surface area contributed by atoms with Crippen molar-refractivity contribution in [3.8, 4) is 0 Å². The lowest BCUT2D eigenvalue weighted by atomic mass is 9.50. The molecule has 218 valence electrons. The Bertz CT molecular complexity index is 1130. The number of hydrogen-bond acceptors (Lipinski definition) is 7. The SMILES string of the molecule is C=C(C(=O)OC1C2CC3C(=O)OC1C3O2)C(F)(F)F.CC1(OC(=O)C2CC3C=CC2C3)C2CC3CC(C2)CC1C3. The van der Waals surface area contributed by atoms with E-state index in [4.69, 9.17) is 18.9 Å². The molecule has 8 unspecified atom stereocenters. The molecule has 3 saturated heterocycles. The maximum Gasteiger partial charge on any atom is 0.422 e. The number of carbonyl (C=O) groups is 3. The first-order valence-electron chi connectivity index (χ1n) is 14.6. The van der Waals surface area contributed by atoms with E-state index in [2.05, 4.69) is 25.7 Å². The predicted octanol–water partition coefficient (Wildman–Crippen LogP) is 4.69. The van der Waals surface area contributed by atoms with Gasteiger partial charge in [0.2, 0.25) is 0 Å². The molecular weight excluding hydrogens is 529 g/mol. The van der Waals surface area contributed by atoms with E-state index in [1.807, 2.05) is 0 Å². The summed E-state index contributed by atoms with van der Waals surface area (Å²) < 4.78 is 58.3. The third-order valence-corrected chi connectivity index (χ3v) is 11.3. The molecule has 0 N–H and O–H groups in total. The Kier molecular flexibility index (Phi) is 6.02. The summed E-state index contributed by atoms with van der Waals surface area (Å²) in [7, 11) is 0. The molecule has 6 aliphatic carbocycles. The van der Waals surface area contributed by atoms with Crippen molar-refractivity contribution in [2.75, 3.05) is 0 Å². The largest absolute Gasteiger partial charge is 0.459 e. The molecule has 40 heavy (non-hydrogen) atoms. The predicted molar refractivity (Wildman–Crippen MR) is 132 cm³/mol. The number of allylic oxidation sites excluding steroid dienone is 2. The number of hydrogen-bond donors (Lipinski definition) is 0. The highest BCUT2D eigenvalue weighted by Gasteiger charge is 2.65. The van der Waals surface area contributed by atoms with Crippen LogP contribution in [0.3, 0.4) is 0 Å². The molecule has 8 bridgehead atoms. The normalized spacial score (nSPS) is 48.1. The second-order valence-electron chi connectivity index (χ2n) is 13.5. The van der Waals surface area contributed by atoms with Crippen molar-refractivity contribution in [3.05, 3.63) is 24.3 Å². The van der Waals surface area contributed by atoms with Crippen LogP contribution in [0, 0.1) is 47.3 Å². The van der Waals surface area contributed by atoms with E-state index in [1.165, 1.54) is 38.5 Å². The van der Waals surface area contributed by atoms with E-state index in [0.29, 0.717) is 30.1 Å². The summed E-state index contributed by atoms with van der Waals surface area (Å²) in [5.41, 5.74) is -1.73. The van der Waals surface area contributed by atoms with Crippen molar-refractivity contribution in [2.45, 2.75) is 94.5 Å². The number of esters is 3. The van der Waals surface area contributed by atoms with E-state index in [0.717, 1.165) is 18.3 Å². The van der Waals surface area contributed by atoms with Gasteiger partial charge >= 0.3 is 24.1 Å². The first kappa shape index (κ1) is 26.5. The number of fused-ring (bicyclic) bond motifs is 3. The highest BCUT2D eigenvalue weighted by molar-refractivity contribution is 5.89. The lowest BCUT2D eigenvalue weighted by Gasteiger charge is -2.59. The van der Waals surface area contributed by atoms with Gasteiger partial charge in [-0.25, -0.2) is 4.79 Å². The summed E-state index contributed by atoms with van der Waals surface area (Å²) in [6.07, 6.45) is 6.06. The minimum atomic E-state index is -4.84. The van der Waals surface area contributed by atoms with Crippen LogP contribution in [0.1, 0.15) is 58.3 Å². The van der Waals surface area contributed by atoms with Gasteiger partial charge in [0.25, 0.3) is 0 Å². The van der Waals surface area contributed by atoms with Crippen molar-refractivity contribution in [1.29, 1.82) is 0 Å². The fourth-order valence-corrected chi connectivity index (χ4v) is 9.32. The van der Waals surface area contributed by atoms with Crippen LogP contribution in [-0.2, 0) is 33.3 Å². The third-order valence-electron chi connectivity index (χ3n) is 11.3. The van der Waals surface area contributed by atoms with Gasteiger partial charge in [0.1, 0.15) is 17.3 Å². The van der Waals surface area contributed by atoms with Crippen LogP contribution >= 0.6 is 0 Å². The minimum Gasteiger partial charge on any atom is -0.459 e. The number of ether oxygens (including phenoxy) is 4. The summed E-state index contributed by atoms with van der Waals surface area (Å²) in [4.78, 5) is 35.5. The lowest BCUT2D eigenvalue weighted by molar-refractivity contribution is -0.207. The Labute approximate surface area is 230 Å². The molecule has 0 spiro atoms. The van der Waals surface area contributed by atoms with E-state index in [1.54, 1.807) is 0 Å². The Morgan fingerprint density at radius 2 is 1.65 bits per heavy atom. The summed E-state index contributed by atoms with van der Waals surface area (Å²) in [5.74, 6) is 2.17. The molecule has 7 nitrogen and oxygen atoms in total. The zero-order valence-electron chi connectivity index (χ0n) is 22.4. The van der Waals surface area contributed by atoms with Gasteiger partial charge in [-0.15, -0.1) is 0 Å². The molecule has 8 atom stereocenters. The van der Waals surface area contributed by atoms with Crippen molar-refractivity contribution in [1.82, 2.24) is 0 Å². The molecule has 8 fully saturated rings. The van der Waals surface area contributed by atoms with E-state index in [9.17, 15) is 27.6 Å². The maximum atomic E-state index is 12.8. The average Bonchev–Trinajstić information content (AvgIpc) is 3.70. The molecule has 9 aliphatic rings. The monoisotopic (exact) mass is 564 g/mol. The van der Waals surface area contributed by atoms with Gasteiger partial charge in [-0.1, -0.05) is 18.7 Å². The Balaban J connectivity index is 0.000000133. The molecular formula is C30H35F3O7. The first-order valence-corrected chi connectivity index (χ1v) is 14.6. The molecule has 0 aromatic rings. The molecule has 0 radical (unpaired) electrons. The van der Waals surface area contributed by atoms with Crippen molar-refractivity contribution in [3.63, 3.8) is 0 Å². The molecule has 3 aliphatic heterocycles. The van der Waals surface area contributed by atoms with Gasteiger partial charge in [-0.2, -0.15) is 13.2 Å². The number of carbonyl (C=O) groups excluding carboxylic acids is 3. The van der Waals surface area contributed by atoms with Crippen LogP contribution in [-0.4, -0.2) is 54.1 Å². The smallest absolute Gasteiger partial charge is 0.422 e. The molecule has 5 saturated carbocycles. The number of alkyl halides is 3. The van der Waals surface area contributed by atoms with Crippen LogP contribution in [0.2, 0.25) is 0 Å². The molecule has 0 aromatic carbocycles. The van der Waals surface area contributed by atoms with Crippen LogP contribution in [0.5, 0.6) is 0 Å². The number of rotatable bonds is 4. The van der Waals surface area contributed by atoms with Crippen LogP contribution in [0.4, 0.5) is 13.2 Å². The van der Waals surface area contributed by atoms with E-state index < -0.39 is 54.0 Å². The van der Waals surface area contributed by atoms with Crippen molar-refractivity contribution >= 4 is 17.9 Å². The average molecular weight is 565 g/mol. The Morgan fingerprint density at radius 3 is 2.23 bits per heavy atom. The van der Waals surface area contributed by atoms with Crippen LogP contribution in [0.25, 0.3) is 0 Å². The molecule has 3 heterocycles. The van der Waals surface area contributed by atoms with Crippen LogP contribution in [0.15, 0.2) is 24.3 Å². The fourth-order valence-electron chi connectivity index (χ4n) is 9.32. The summed E-state index contributed by atoms with van der Waals surface area (Å²) >= 11 is 0. The zero-order chi connectivity index (χ0) is 28.1. The number of halogens is 3. The topological polar surface area (TPSA) is 88.1 Å². The van der Waals surface area contributed by atoms with Gasteiger partial charge in [-0.05, 0) is 93.8 Å². The van der Waals surface area contributed by atoms with Gasteiger partial charge < -0.3 is 18.9 Å². The molecule has 0 aromatic heterocycles. The standard InChI is InChI=1S/C19H26O2.C11H9F3O5/c1-19(15-6-12-4-13(8-15)9-16(19)7-12)21-18(20)17-10-11-2-3-14(17)5-11;1-3(11(12,13)14)9(15)18-7-5-2-4-6(17-5)8(7)19-10(4)16/h2-3,11-17H,4-10H2,1H3;4-8H,1-2H2. The van der Waals surface area contributed by atoms with Gasteiger partial charge in [0.15, 0.2) is 12.2 Å². The molecule has 10 heteroatoms. The highest BCUT2D eigenvalue weighted by Crippen LogP contribution is 2.60. The van der Waals surface area contributed by atoms with Gasteiger partial charge in [-0.3, -0.25) is 9.59 Å². The van der Waals surface area contributed by atoms with Gasteiger partial charge in [0.05, 0.1) is 17.9 Å². The van der Waals surface area contributed by atoms with E-state index >= 15 is 0 Å². The first-order chi connectivity index (χ1) is 18.9. The zero-order valence-corrected chi connectivity index (χ0v) is 22.4. The highest BCUT2D eigenvalue weighted by atomic mass is 19.4. The fraction of sp³-hybridized carbons (Fsp3) is 0.767. The Hall–Kier alpha value is -2.36. The molecule has 0 amide bonds. The van der Waals surface area contributed by atoms with Crippen molar-refractivity contribution in [2.24, 2.45) is 47.3 Å². The van der Waals surface area contributed by atoms with Gasteiger partial charge in [0, 0.05) is 0 Å². The molecule has 9 rings (SSSR count). The third kappa shape index (κ3) is 4.14. The van der Waals surface area contributed by atoms with Crippen molar-refractivity contribution < 1.29 is 46.5 Å².